The molecule has 0 aliphatic rings. The number of hydrogen-bond acceptors (Lipinski definition) is 2. The number of hydrogen-bond donors (Lipinski definition) is 2. The first-order chi connectivity index (χ1) is 9.99. The van der Waals surface area contributed by atoms with Gasteiger partial charge in [0.05, 0.1) is 10.0 Å². The molecule has 0 atom stereocenters. The van der Waals surface area contributed by atoms with Gasteiger partial charge in [0.25, 0.3) is 0 Å². The fourth-order valence-corrected chi connectivity index (χ4v) is 2.10. The molecule has 0 aliphatic heterocycles. The molecule has 0 bridgehead atoms. The van der Waals surface area contributed by atoms with Gasteiger partial charge in [0.1, 0.15) is 0 Å². The maximum absolute atomic E-state index is 11.7. The van der Waals surface area contributed by atoms with Crippen LogP contribution in [0, 0.1) is 0 Å². The third-order valence-corrected chi connectivity index (χ3v) is 3.66. The highest BCUT2D eigenvalue weighted by molar-refractivity contribution is 6.42. The first-order valence-corrected chi connectivity index (χ1v) is 7.69. The molecule has 0 fully saturated rings. The van der Waals surface area contributed by atoms with E-state index in [0.29, 0.717) is 36.0 Å². The fraction of sp³-hybridized carbons (Fsp3) is 0.467. The summed E-state index contributed by atoms with van der Waals surface area (Å²) in [6.45, 7) is 2.76. The highest BCUT2D eigenvalue weighted by atomic mass is 35.5. The molecule has 4 nitrogen and oxygen atoms in total. The molecule has 2 N–H and O–H groups in total. The Hall–Kier alpha value is -1.26. The van der Waals surface area contributed by atoms with Crippen LogP contribution in [-0.2, 0) is 16.0 Å². The number of benzene rings is 1. The van der Waals surface area contributed by atoms with Crippen LogP contribution in [0.3, 0.4) is 0 Å². The number of amides is 2. The number of carbonyl (C=O) groups excluding carboxylic acids is 2. The number of aryl methyl sites for hydroxylation is 1. The molecule has 0 heterocycles. The minimum absolute atomic E-state index is 0.0144. The quantitative estimate of drug-likeness (QED) is 0.720. The second-order valence-electron chi connectivity index (χ2n) is 4.79. The van der Waals surface area contributed by atoms with Gasteiger partial charge in [0.15, 0.2) is 0 Å². The molecule has 6 heteroatoms. The van der Waals surface area contributed by atoms with E-state index in [1.165, 1.54) is 6.92 Å². The Morgan fingerprint density at radius 1 is 1.05 bits per heavy atom. The van der Waals surface area contributed by atoms with E-state index in [1.807, 2.05) is 6.07 Å². The summed E-state index contributed by atoms with van der Waals surface area (Å²) in [5.74, 6) is -0.0127. The van der Waals surface area contributed by atoms with Crippen molar-refractivity contribution < 1.29 is 9.59 Å². The zero-order valence-corrected chi connectivity index (χ0v) is 13.6. The molecule has 0 aromatic heterocycles. The lowest BCUT2D eigenvalue weighted by Crippen LogP contribution is -2.26. The molecule has 0 unspecified atom stereocenters. The van der Waals surface area contributed by atoms with Crippen molar-refractivity contribution in [1.29, 1.82) is 0 Å². The molecule has 1 aromatic carbocycles. The van der Waals surface area contributed by atoms with Crippen molar-refractivity contribution >= 4 is 35.0 Å². The molecule has 2 amide bonds. The van der Waals surface area contributed by atoms with Crippen LogP contribution < -0.4 is 10.6 Å². The van der Waals surface area contributed by atoms with E-state index in [9.17, 15) is 9.59 Å². The Kier molecular flexibility index (Phi) is 8.16. The lowest BCUT2D eigenvalue weighted by molar-refractivity contribution is -0.121. The van der Waals surface area contributed by atoms with Crippen molar-refractivity contribution in [1.82, 2.24) is 10.6 Å². The lowest BCUT2D eigenvalue weighted by atomic mass is 10.1. The normalized spacial score (nSPS) is 10.2. The van der Waals surface area contributed by atoms with E-state index < -0.39 is 0 Å². The van der Waals surface area contributed by atoms with Crippen LogP contribution in [0.1, 0.15) is 31.7 Å². The van der Waals surface area contributed by atoms with E-state index in [4.69, 9.17) is 23.2 Å². The minimum Gasteiger partial charge on any atom is -0.356 e. The van der Waals surface area contributed by atoms with Gasteiger partial charge in [0, 0.05) is 26.4 Å². The molecule has 0 radical (unpaired) electrons. The Morgan fingerprint density at radius 2 is 1.71 bits per heavy atom. The minimum atomic E-state index is -0.0272. The van der Waals surface area contributed by atoms with E-state index >= 15 is 0 Å². The largest absolute Gasteiger partial charge is 0.356 e. The predicted octanol–water partition coefficient (Wildman–Crippen LogP) is 2.96. The highest BCUT2D eigenvalue weighted by Gasteiger charge is 2.04. The molecule has 0 spiro atoms. The summed E-state index contributed by atoms with van der Waals surface area (Å²) < 4.78 is 0. The van der Waals surface area contributed by atoms with Crippen LogP contribution >= 0.6 is 23.2 Å². The number of halogens is 2. The van der Waals surface area contributed by atoms with E-state index in [1.54, 1.807) is 12.1 Å². The van der Waals surface area contributed by atoms with E-state index in [0.717, 1.165) is 18.4 Å². The highest BCUT2D eigenvalue weighted by Crippen LogP contribution is 2.23. The van der Waals surface area contributed by atoms with Crippen molar-refractivity contribution in [2.75, 3.05) is 13.1 Å². The summed E-state index contributed by atoms with van der Waals surface area (Å²) >= 11 is 11.8. The van der Waals surface area contributed by atoms with Gasteiger partial charge in [-0.2, -0.15) is 0 Å². The van der Waals surface area contributed by atoms with Gasteiger partial charge in [-0.3, -0.25) is 9.59 Å². The first kappa shape index (κ1) is 17.8. The van der Waals surface area contributed by atoms with Crippen molar-refractivity contribution in [2.45, 2.75) is 32.6 Å². The maximum Gasteiger partial charge on any atom is 0.220 e. The second kappa shape index (κ2) is 9.64. The standard InChI is InChI=1S/C15H20Cl2N2O2/c1-11(20)18-8-2-3-9-19-15(21)7-5-12-4-6-13(16)14(17)10-12/h4,6,10H,2-3,5,7-9H2,1H3,(H,18,20)(H,19,21). The van der Waals surface area contributed by atoms with Crippen LogP contribution in [-0.4, -0.2) is 24.9 Å². The van der Waals surface area contributed by atoms with Gasteiger partial charge in [-0.15, -0.1) is 0 Å². The predicted molar refractivity (Wildman–Crippen MR) is 85.7 cm³/mol. The number of carbonyl (C=O) groups is 2. The topological polar surface area (TPSA) is 58.2 Å². The van der Waals surface area contributed by atoms with Gasteiger partial charge in [-0.05, 0) is 37.0 Å². The molecular formula is C15H20Cl2N2O2. The fourth-order valence-electron chi connectivity index (χ4n) is 1.78. The van der Waals surface area contributed by atoms with Crippen molar-refractivity contribution in [3.63, 3.8) is 0 Å². The summed E-state index contributed by atoms with van der Waals surface area (Å²) in [4.78, 5) is 22.3. The SMILES string of the molecule is CC(=O)NCCCCNC(=O)CCc1ccc(Cl)c(Cl)c1. The Bertz CT molecular complexity index is 493. The number of unbranched alkanes of at least 4 members (excludes halogenated alkanes) is 1. The molecule has 116 valence electrons. The van der Waals surface area contributed by atoms with E-state index in [2.05, 4.69) is 10.6 Å². The summed E-state index contributed by atoms with van der Waals surface area (Å²) in [5, 5.41) is 6.60. The van der Waals surface area contributed by atoms with Crippen LogP contribution in [0.15, 0.2) is 18.2 Å². The molecule has 1 rings (SSSR count). The molecule has 0 saturated heterocycles. The molecule has 0 aliphatic carbocycles. The smallest absolute Gasteiger partial charge is 0.220 e. The number of nitrogens with one attached hydrogen (secondary N) is 2. The van der Waals surface area contributed by atoms with Crippen molar-refractivity contribution in [2.24, 2.45) is 0 Å². The van der Waals surface area contributed by atoms with Gasteiger partial charge >= 0.3 is 0 Å². The van der Waals surface area contributed by atoms with Gasteiger partial charge < -0.3 is 10.6 Å². The average Bonchev–Trinajstić information content (AvgIpc) is 2.43. The average molecular weight is 331 g/mol. The van der Waals surface area contributed by atoms with Crippen LogP contribution in [0.5, 0.6) is 0 Å². The third kappa shape index (κ3) is 7.93. The van der Waals surface area contributed by atoms with Crippen LogP contribution in [0.2, 0.25) is 10.0 Å². The summed E-state index contributed by atoms with van der Waals surface area (Å²) in [5.41, 5.74) is 0.991. The molecule has 1 aromatic rings. The summed E-state index contributed by atoms with van der Waals surface area (Å²) in [6.07, 6.45) is 2.75. The lowest BCUT2D eigenvalue weighted by Gasteiger charge is -2.06. The maximum atomic E-state index is 11.7. The summed E-state index contributed by atoms with van der Waals surface area (Å²) in [7, 11) is 0. The third-order valence-electron chi connectivity index (χ3n) is 2.92. The second-order valence-corrected chi connectivity index (χ2v) is 5.60. The number of rotatable bonds is 8. The zero-order chi connectivity index (χ0) is 15.7. The molecular weight excluding hydrogens is 311 g/mol. The van der Waals surface area contributed by atoms with Gasteiger partial charge in [-0.25, -0.2) is 0 Å². The van der Waals surface area contributed by atoms with Crippen LogP contribution in [0.4, 0.5) is 0 Å². The zero-order valence-electron chi connectivity index (χ0n) is 12.0. The summed E-state index contributed by atoms with van der Waals surface area (Å²) in [6, 6.07) is 5.39. The van der Waals surface area contributed by atoms with Gasteiger partial charge in [0.2, 0.25) is 11.8 Å². The molecule has 0 saturated carbocycles. The van der Waals surface area contributed by atoms with Crippen molar-refractivity contribution in [3.8, 4) is 0 Å². The monoisotopic (exact) mass is 330 g/mol. The van der Waals surface area contributed by atoms with E-state index in [-0.39, 0.29) is 11.8 Å². The van der Waals surface area contributed by atoms with Crippen LogP contribution in [0.25, 0.3) is 0 Å². The first-order valence-electron chi connectivity index (χ1n) is 6.94. The Morgan fingerprint density at radius 3 is 2.33 bits per heavy atom. The Labute approximate surface area is 135 Å². The van der Waals surface area contributed by atoms with Gasteiger partial charge in [-0.1, -0.05) is 29.3 Å². The molecule has 21 heavy (non-hydrogen) atoms. The van der Waals surface area contributed by atoms with Crippen molar-refractivity contribution in [3.05, 3.63) is 33.8 Å². The Balaban J connectivity index is 2.13.